The van der Waals surface area contributed by atoms with Gasteiger partial charge in [0, 0.05) is 10.0 Å². The van der Waals surface area contributed by atoms with Crippen molar-refractivity contribution in [1.82, 2.24) is 15.5 Å². The van der Waals surface area contributed by atoms with Gasteiger partial charge in [0.25, 0.3) is 0 Å². The van der Waals surface area contributed by atoms with Crippen LogP contribution >= 0.6 is 15.9 Å². The molecule has 1 rings (SSSR count). The van der Waals surface area contributed by atoms with Crippen molar-refractivity contribution in [3.63, 3.8) is 0 Å². The molecule has 0 aliphatic heterocycles. The first kappa shape index (κ1) is 20.6. The first-order chi connectivity index (χ1) is 11.1. The van der Waals surface area contributed by atoms with E-state index in [0.717, 1.165) is 10.0 Å². The molecule has 0 unspecified atom stereocenters. The first-order valence-corrected chi connectivity index (χ1v) is 8.98. The van der Waals surface area contributed by atoms with E-state index in [4.69, 9.17) is 0 Å². The Morgan fingerprint density at radius 3 is 2.17 bits per heavy atom. The van der Waals surface area contributed by atoms with Gasteiger partial charge >= 0.3 is 0 Å². The summed E-state index contributed by atoms with van der Waals surface area (Å²) < 4.78 is 1.01. The summed E-state index contributed by atoms with van der Waals surface area (Å²) in [6, 6.07) is 7.78. The number of amides is 2. The zero-order valence-electron chi connectivity index (χ0n) is 15.1. The smallest absolute Gasteiger partial charge is 0.234 e. The Bertz CT molecular complexity index is 552. The highest BCUT2D eigenvalue weighted by atomic mass is 79.9. The van der Waals surface area contributed by atoms with Gasteiger partial charge in [-0.2, -0.15) is 0 Å². The number of rotatable bonds is 7. The SMILES string of the molecule is CCN(CC(=O)N[C@@H](C)c1ccc(Br)cc1)CC(=O)NC(C)(C)C. The van der Waals surface area contributed by atoms with Crippen molar-refractivity contribution in [2.45, 2.75) is 46.2 Å². The Hall–Kier alpha value is -1.40. The van der Waals surface area contributed by atoms with Crippen LogP contribution in [0.15, 0.2) is 28.7 Å². The van der Waals surface area contributed by atoms with E-state index < -0.39 is 0 Å². The Morgan fingerprint density at radius 1 is 1.12 bits per heavy atom. The lowest BCUT2D eigenvalue weighted by atomic mass is 10.1. The van der Waals surface area contributed by atoms with Gasteiger partial charge in [-0.1, -0.05) is 35.0 Å². The van der Waals surface area contributed by atoms with Crippen LogP contribution in [0.5, 0.6) is 0 Å². The number of halogens is 1. The minimum absolute atomic E-state index is 0.0712. The maximum absolute atomic E-state index is 12.2. The monoisotopic (exact) mass is 397 g/mol. The van der Waals surface area contributed by atoms with Crippen LogP contribution in [0.25, 0.3) is 0 Å². The molecule has 0 heterocycles. The molecule has 0 radical (unpaired) electrons. The molecule has 0 fully saturated rings. The van der Waals surface area contributed by atoms with Gasteiger partial charge in [0.1, 0.15) is 0 Å². The Morgan fingerprint density at radius 2 is 1.67 bits per heavy atom. The summed E-state index contributed by atoms with van der Waals surface area (Å²) in [5.41, 5.74) is 0.773. The summed E-state index contributed by atoms with van der Waals surface area (Å²) in [6.07, 6.45) is 0. The van der Waals surface area contributed by atoms with Gasteiger partial charge < -0.3 is 10.6 Å². The van der Waals surface area contributed by atoms with Crippen LogP contribution in [0.4, 0.5) is 0 Å². The van der Waals surface area contributed by atoms with Crippen molar-refractivity contribution >= 4 is 27.7 Å². The van der Waals surface area contributed by atoms with Crippen LogP contribution in [0.3, 0.4) is 0 Å². The topological polar surface area (TPSA) is 61.4 Å². The molecule has 1 aromatic carbocycles. The van der Waals surface area contributed by atoms with E-state index in [0.29, 0.717) is 6.54 Å². The molecule has 0 aliphatic carbocycles. The quantitative estimate of drug-likeness (QED) is 0.743. The van der Waals surface area contributed by atoms with Gasteiger partial charge in [0.05, 0.1) is 19.1 Å². The molecule has 2 N–H and O–H groups in total. The van der Waals surface area contributed by atoms with E-state index >= 15 is 0 Å². The molecular weight excluding hydrogens is 370 g/mol. The number of carbonyl (C=O) groups excluding carboxylic acids is 2. The second-order valence-corrected chi connectivity index (χ2v) is 7.86. The van der Waals surface area contributed by atoms with Crippen LogP contribution in [-0.4, -0.2) is 41.9 Å². The zero-order valence-corrected chi connectivity index (χ0v) is 16.7. The molecule has 24 heavy (non-hydrogen) atoms. The normalized spacial score (nSPS) is 12.8. The van der Waals surface area contributed by atoms with Gasteiger partial charge in [-0.3, -0.25) is 14.5 Å². The Labute approximate surface area is 153 Å². The third-order valence-corrected chi connectivity index (χ3v) is 3.97. The number of hydrogen-bond donors (Lipinski definition) is 2. The predicted octanol–water partition coefficient (Wildman–Crippen LogP) is 2.86. The van der Waals surface area contributed by atoms with Crippen molar-refractivity contribution < 1.29 is 9.59 Å². The Balaban J connectivity index is 2.51. The summed E-state index contributed by atoms with van der Waals surface area (Å²) in [6.45, 7) is 10.8. The minimum atomic E-state index is -0.269. The summed E-state index contributed by atoms with van der Waals surface area (Å²) in [5, 5.41) is 5.89. The lowest BCUT2D eigenvalue weighted by molar-refractivity contribution is -0.126. The van der Waals surface area contributed by atoms with E-state index in [1.165, 1.54) is 0 Å². The minimum Gasteiger partial charge on any atom is -0.350 e. The number of likely N-dealkylation sites (N-methyl/N-ethyl adjacent to an activating group) is 1. The van der Waals surface area contributed by atoms with Crippen LogP contribution in [0.1, 0.15) is 46.2 Å². The fourth-order valence-electron chi connectivity index (χ4n) is 2.27. The van der Waals surface area contributed by atoms with Crippen molar-refractivity contribution in [2.24, 2.45) is 0 Å². The molecule has 0 saturated carbocycles. The number of nitrogens with one attached hydrogen (secondary N) is 2. The van der Waals surface area contributed by atoms with Crippen LogP contribution < -0.4 is 10.6 Å². The number of benzene rings is 1. The predicted molar refractivity (Wildman–Crippen MR) is 101 cm³/mol. The maximum Gasteiger partial charge on any atom is 0.234 e. The third kappa shape index (κ3) is 7.93. The molecule has 0 aromatic heterocycles. The highest BCUT2D eigenvalue weighted by Gasteiger charge is 2.18. The molecule has 0 bridgehead atoms. The van der Waals surface area contributed by atoms with Gasteiger partial charge in [0.15, 0.2) is 0 Å². The number of carbonyl (C=O) groups is 2. The van der Waals surface area contributed by atoms with Gasteiger partial charge in [-0.15, -0.1) is 0 Å². The second kappa shape index (κ2) is 9.18. The Kier molecular flexibility index (Phi) is 7.90. The molecule has 1 atom stereocenters. The fraction of sp³-hybridized carbons (Fsp3) is 0.556. The molecule has 5 nitrogen and oxygen atoms in total. The van der Waals surface area contributed by atoms with Crippen molar-refractivity contribution in [1.29, 1.82) is 0 Å². The highest BCUT2D eigenvalue weighted by Crippen LogP contribution is 2.16. The molecule has 0 saturated heterocycles. The first-order valence-electron chi connectivity index (χ1n) is 8.19. The largest absolute Gasteiger partial charge is 0.350 e. The molecular formula is C18H28BrN3O2. The lowest BCUT2D eigenvalue weighted by Crippen LogP contribution is -2.48. The van der Waals surface area contributed by atoms with E-state index in [1.807, 2.05) is 63.8 Å². The highest BCUT2D eigenvalue weighted by molar-refractivity contribution is 9.10. The average molecular weight is 398 g/mol. The number of nitrogens with zero attached hydrogens (tertiary/aromatic N) is 1. The summed E-state index contributed by atoms with van der Waals surface area (Å²) in [5.74, 6) is -0.158. The van der Waals surface area contributed by atoms with Gasteiger partial charge in [0.2, 0.25) is 11.8 Å². The maximum atomic E-state index is 12.2. The zero-order chi connectivity index (χ0) is 18.3. The molecule has 0 spiro atoms. The average Bonchev–Trinajstić information content (AvgIpc) is 2.44. The molecule has 134 valence electrons. The molecule has 2 amide bonds. The van der Waals surface area contributed by atoms with Crippen LogP contribution in [0, 0.1) is 0 Å². The second-order valence-electron chi connectivity index (χ2n) is 6.94. The van der Waals surface area contributed by atoms with Crippen molar-refractivity contribution in [3.8, 4) is 0 Å². The van der Waals surface area contributed by atoms with Crippen molar-refractivity contribution in [3.05, 3.63) is 34.3 Å². The number of hydrogen-bond acceptors (Lipinski definition) is 3. The molecule has 0 aliphatic rings. The van der Waals surface area contributed by atoms with E-state index in [-0.39, 0.29) is 36.5 Å². The van der Waals surface area contributed by atoms with Gasteiger partial charge in [-0.05, 0) is 51.9 Å². The fourth-order valence-corrected chi connectivity index (χ4v) is 2.53. The lowest BCUT2D eigenvalue weighted by Gasteiger charge is -2.25. The van der Waals surface area contributed by atoms with Gasteiger partial charge in [-0.25, -0.2) is 0 Å². The molecule has 6 heteroatoms. The third-order valence-electron chi connectivity index (χ3n) is 3.44. The summed E-state index contributed by atoms with van der Waals surface area (Å²) in [7, 11) is 0. The van der Waals surface area contributed by atoms with E-state index in [1.54, 1.807) is 0 Å². The summed E-state index contributed by atoms with van der Waals surface area (Å²) >= 11 is 3.40. The van der Waals surface area contributed by atoms with Crippen molar-refractivity contribution in [2.75, 3.05) is 19.6 Å². The van der Waals surface area contributed by atoms with Crippen LogP contribution in [-0.2, 0) is 9.59 Å². The van der Waals surface area contributed by atoms with E-state index in [9.17, 15) is 9.59 Å². The molecule has 1 aromatic rings. The standard InChI is InChI=1S/C18H28BrN3O2/c1-6-22(12-17(24)21-18(3,4)5)11-16(23)20-13(2)14-7-9-15(19)10-8-14/h7-10,13H,6,11-12H2,1-5H3,(H,20,23)(H,21,24)/t13-/m0/s1. The van der Waals surface area contributed by atoms with E-state index in [2.05, 4.69) is 26.6 Å². The summed E-state index contributed by atoms with van der Waals surface area (Å²) in [4.78, 5) is 26.1. The van der Waals surface area contributed by atoms with Crippen LogP contribution in [0.2, 0.25) is 0 Å².